The van der Waals surface area contributed by atoms with E-state index in [1.165, 1.54) is 17.0 Å². The highest BCUT2D eigenvalue weighted by Gasteiger charge is 2.35. The molecule has 230 valence electrons. The lowest BCUT2D eigenvalue weighted by Gasteiger charge is -2.34. The number of benzene rings is 4. The van der Waals surface area contributed by atoms with Crippen molar-refractivity contribution in [2.75, 3.05) is 17.4 Å². The van der Waals surface area contributed by atoms with Crippen LogP contribution < -0.4 is 9.62 Å². The summed E-state index contributed by atoms with van der Waals surface area (Å²) in [5.41, 5.74) is 3.33. The Hall–Kier alpha value is -3.85. The molecule has 4 aromatic rings. The van der Waals surface area contributed by atoms with Gasteiger partial charge in [-0.15, -0.1) is 0 Å². The highest BCUT2D eigenvalue weighted by atomic mass is 35.5. The van der Waals surface area contributed by atoms with Crippen LogP contribution in [0.1, 0.15) is 29.2 Å². The number of hydrogen-bond donors (Lipinski definition) is 1. The normalized spacial score (nSPS) is 11.9. The van der Waals surface area contributed by atoms with E-state index < -0.39 is 28.5 Å². The maximum absolute atomic E-state index is 14.4. The first kappa shape index (κ1) is 33.1. The number of halogens is 2. The maximum atomic E-state index is 14.4. The van der Waals surface area contributed by atoms with Gasteiger partial charge in [-0.05, 0) is 79.9 Å². The lowest BCUT2D eigenvalue weighted by molar-refractivity contribution is -0.140. The van der Waals surface area contributed by atoms with E-state index in [2.05, 4.69) is 5.32 Å². The van der Waals surface area contributed by atoms with E-state index >= 15 is 0 Å². The fourth-order valence-corrected chi connectivity index (χ4v) is 6.85. The van der Waals surface area contributed by atoms with E-state index in [1.807, 2.05) is 43.3 Å². The van der Waals surface area contributed by atoms with Crippen LogP contribution >= 0.6 is 23.2 Å². The van der Waals surface area contributed by atoms with E-state index in [4.69, 9.17) is 23.2 Å². The number of likely N-dealkylation sites (N-methyl/N-ethyl adjacent to an activating group) is 1. The highest BCUT2D eigenvalue weighted by Crippen LogP contribution is 2.30. The number of rotatable bonds is 12. The molecule has 1 atom stereocenters. The minimum atomic E-state index is -4.21. The molecule has 4 aromatic carbocycles. The summed E-state index contributed by atoms with van der Waals surface area (Å²) in [4.78, 5) is 29.5. The number of anilines is 1. The van der Waals surface area contributed by atoms with E-state index in [-0.39, 0.29) is 23.8 Å². The van der Waals surface area contributed by atoms with Gasteiger partial charge in [0.1, 0.15) is 12.6 Å². The Bertz CT molecular complexity index is 1710. The Balaban J connectivity index is 1.82. The second-order valence-electron chi connectivity index (χ2n) is 10.5. The molecule has 0 radical (unpaired) electrons. The van der Waals surface area contributed by atoms with Crippen LogP contribution in [0.5, 0.6) is 0 Å². The largest absolute Gasteiger partial charge is 0.355 e. The summed E-state index contributed by atoms with van der Waals surface area (Å²) in [6, 6.07) is 26.8. The van der Waals surface area contributed by atoms with E-state index in [9.17, 15) is 18.0 Å². The van der Waals surface area contributed by atoms with Crippen molar-refractivity contribution in [2.45, 2.75) is 44.7 Å². The summed E-state index contributed by atoms with van der Waals surface area (Å²) in [6.45, 7) is 5.25. The molecular weight excluding hydrogens is 617 g/mol. The van der Waals surface area contributed by atoms with Gasteiger partial charge in [0.05, 0.1) is 10.6 Å². The standard InChI is InChI=1S/C34H35Cl2N3O4S/c1-4-37-34(41)32(21-26-9-6-5-7-10-26)38(22-27-11-8-12-28(35)20-27)33(40)23-39(31-18-15-29(36)19-25(31)3)44(42,43)30-16-13-24(2)14-17-30/h5-20,32H,4,21-23H2,1-3H3,(H,37,41)/t32-/m0/s1. The number of nitrogens with zero attached hydrogens (tertiary/aromatic N) is 2. The van der Waals surface area contributed by atoms with Gasteiger partial charge < -0.3 is 10.2 Å². The predicted octanol–water partition coefficient (Wildman–Crippen LogP) is 6.58. The molecule has 0 aliphatic carbocycles. The molecule has 7 nitrogen and oxygen atoms in total. The molecule has 0 heterocycles. The van der Waals surface area contributed by atoms with Crippen molar-refractivity contribution in [1.29, 1.82) is 0 Å². The second kappa shape index (κ2) is 14.8. The fraction of sp³-hybridized carbons (Fsp3) is 0.235. The van der Waals surface area contributed by atoms with Gasteiger partial charge in [0.15, 0.2) is 0 Å². The molecule has 44 heavy (non-hydrogen) atoms. The van der Waals surface area contributed by atoms with Gasteiger partial charge in [0.2, 0.25) is 11.8 Å². The first-order chi connectivity index (χ1) is 21.0. The smallest absolute Gasteiger partial charge is 0.264 e. The summed E-state index contributed by atoms with van der Waals surface area (Å²) < 4.78 is 29.4. The van der Waals surface area contributed by atoms with Crippen LogP contribution in [0.15, 0.2) is 102 Å². The van der Waals surface area contributed by atoms with Crippen LogP contribution in [-0.4, -0.2) is 44.3 Å². The van der Waals surface area contributed by atoms with Gasteiger partial charge >= 0.3 is 0 Å². The SMILES string of the molecule is CCNC(=O)[C@H](Cc1ccccc1)N(Cc1cccc(Cl)c1)C(=O)CN(c1ccc(Cl)cc1C)S(=O)(=O)c1ccc(C)cc1. The number of amides is 2. The second-order valence-corrected chi connectivity index (χ2v) is 13.2. The Morgan fingerprint density at radius 3 is 2.11 bits per heavy atom. The Labute approximate surface area is 269 Å². The van der Waals surface area contributed by atoms with Gasteiger partial charge in [-0.1, -0.05) is 83.4 Å². The number of sulfonamides is 1. The average molecular weight is 653 g/mol. The molecule has 10 heteroatoms. The Morgan fingerprint density at radius 1 is 0.818 bits per heavy atom. The molecule has 0 saturated carbocycles. The van der Waals surface area contributed by atoms with Gasteiger partial charge in [-0.3, -0.25) is 13.9 Å². The summed E-state index contributed by atoms with van der Waals surface area (Å²) in [5.74, 6) is -0.899. The first-order valence-electron chi connectivity index (χ1n) is 14.2. The molecule has 0 saturated heterocycles. The fourth-order valence-electron chi connectivity index (χ4n) is 4.93. The zero-order chi connectivity index (χ0) is 31.9. The van der Waals surface area contributed by atoms with E-state index in [0.717, 1.165) is 15.4 Å². The lowest BCUT2D eigenvalue weighted by Crippen LogP contribution is -2.53. The van der Waals surface area contributed by atoms with Crippen molar-refractivity contribution in [2.24, 2.45) is 0 Å². The van der Waals surface area contributed by atoms with E-state index in [1.54, 1.807) is 62.4 Å². The van der Waals surface area contributed by atoms with Crippen molar-refractivity contribution in [3.8, 4) is 0 Å². The van der Waals surface area contributed by atoms with Crippen molar-refractivity contribution in [3.63, 3.8) is 0 Å². The number of aryl methyl sites for hydroxylation is 2. The number of carbonyl (C=O) groups excluding carboxylic acids is 2. The van der Waals surface area contributed by atoms with Crippen molar-refractivity contribution in [3.05, 3.63) is 129 Å². The van der Waals surface area contributed by atoms with Gasteiger partial charge in [0, 0.05) is 29.6 Å². The summed E-state index contributed by atoms with van der Waals surface area (Å²) in [6.07, 6.45) is 0.226. The zero-order valence-electron chi connectivity index (χ0n) is 24.8. The maximum Gasteiger partial charge on any atom is 0.264 e. The van der Waals surface area contributed by atoms with Gasteiger partial charge in [-0.2, -0.15) is 0 Å². The van der Waals surface area contributed by atoms with Crippen LogP contribution in [0.4, 0.5) is 5.69 Å². The minimum Gasteiger partial charge on any atom is -0.355 e. The molecule has 2 amide bonds. The molecule has 0 aliphatic rings. The van der Waals surface area contributed by atoms with Crippen LogP contribution in [-0.2, 0) is 32.6 Å². The summed E-state index contributed by atoms with van der Waals surface area (Å²) in [5, 5.41) is 3.77. The van der Waals surface area contributed by atoms with Crippen LogP contribution in [0.25, 0.3) is 0 Å². The third kappa shape index (κ3) is 8.20. The highest BCUT2D eigenvalue weighted by molar-refractivity contribution is 7.92. The topological polar surface area (TPSA) is 86.8 Å². The molecule has 0 aromatic heterocycles. The van der Waals surface area contributed by atoms with Gasteiger partial charge in [-0.25, -0.2) is 8.42 Å². The quantitative estimate of drug-likeness (QED) is 0.187. The molecule has 0 aliphatic heterocycles. The molecule has 4 rings (SSSR count). The predicted molar refractivity (Wildman–Crippen MR) is 177 cm³/mol. The third-order valence-electron chi connectivity index (χ3n) is 7.18. The van der Waals surface area contributed by atoms with Crippen molar-refractivity contribution < 1.29 is 18.0 Å². The average Bonchev–Trinajstić information content (AvgIpc) is 2.99. The Kier molecular flexibility index (Phi) is 11.1. The van der Waals surface area contributed by atoms with Crippen LogP contribution in [0.3, 0.4) is 0 Å². The molecule has 0 fully saturated rings. The molecule has 1 N–H and O–H groups in total. The molecule has 0 unspecified atom stereocenters. The van der Waals surface area contributed by atoms with Crippen molar-refractivity contribution >= 4 is 50.7 Å². The molecular formula is C34H35Cl2N3O4S. The summed E-state index contributed by atoms with van der Waals surface area (Å²) in [7, 11) is -4.21. The summed E-state index contributed by atoms with van der Waals surface area (Å²) >= 11 is 12.5. The number of hydrogen-bond acceptors (Lipinski definition) is 4. The number of nitrogens with one attached hydrogen (secondary N) is 1. The zero-order valence-corrected chi connectivity index (χ0v) is 27.2. The van der Waals surface area contributed by atoms with Crippen molar-refractivity contribution in [1.82, 2.24) is 10.2 Å². The molecule has 0 bridgehead atoms. The molecule has 0 spiro atoms. The Morgan fingerprint density at radius 2 is 1.48 bits per heavy atom. The van der Waals surface area contributed by atoms with Gasteiger partial charge in [0.25, 0.3) is 10.0 Å². The first-order valence-corrected chi connectivity index (χ1v) is 16.4. The van der Waals surface area contributed by atoms with Crippen LogP contribution in [0, 0.1) is 13.8 Å². The van der Waals surface area contributed by atoms with E-state index in [0.29, 0.717) is 33.4 Å². The third-order valence-corrected chi connectivity index (χ3v) is 9.42. The number of carbonyl (C=O) groups is 2. The lowest BCUT2D eigenvalue weighted by atomic mass is 10.0. The minimum absolute atomic E-state index is 0.0338. The van der Waals surface area contributed by atoms with Crippen LogP contribution in [0.2, 0.25) is 10.0 Å². The monoisotopic (exact) mass is 651 g/mol.